The van der Waals surface area contributed by atoms with Crippen LogP contribution in [-0.4, -0.2) is 23.1 Å². The Hall–Kier alpha value is -2.82. The molecule has 0 aliphatic rings. The van der Waals surface area contributed by atoms with Gasteiger partial charge in [-0.25, -0.2) is 4.79 Å². The summed E-state index contributed by atoms with van der Waals surface area (Å²) in [6.07, 6.45) is -0.983. The fourth-order valence-electron chi connectivity index (χ4n) is 1.97. The number of nitrogens with one attached hydrogen (secondary N) is 1. The fourth-order valence-corrected chi connectivity index (χ4v) is 1.97. The fraction of sp³-hybridized carbons (Fsp3) is 0.222. The van der Waals surface area contributed by atoms with E-state index in [0.29, 0.717) is 5.69 Å². The summed E-state index contributed by atoms with van der Waals surface area (Å²) in [6, 6.07) is 11.9. The summed E-state index contributed by atoms with van der Waals surface area (Å²) in [5, 5.41) is 12.4. The van der Waals surface area contributed by atoms with Gasteiger partial charge in [-0.3, -0.25) is 4.79 Å². The molecule has 0 saturated carbocycles. The van der Waals surface area contributed by atoms with Crippen molar-refractivity contribution in [2.24, 2.45) is 0 Å². The molecule has 1 atom stereocenters. The Labute approximate surface area is 134 Å². The van der Waals surface area contributed by atoms with Crippen LogP contribution in [-0.2, 0) is 9.53 Å². The Bertz CT molecular complexity index is 722. The van der Waals surface area contributed by atoms with Crippen molar-refractivity contribution in [2.75, 3.05) is 5.32 Å². The summed E-state index contributed by atoms with van der Waals surface area (Å²) in [5.41, 5.74) is 2.56. The molecule has 0 heterocycles. The number of anilines is 1. The lowest BCUT2D eigenvalue weighted by molar-refractivity contribution is -0.123. The molecule has 23 heavy (non-hydrogen) atoms. The maximum Gasteiger partial charge on any atom is 0.342 e. The number of carbonyl (C=O) groups is 2. The zero-order valence-electron chi connectivity index (χ0n) is 13.3. The number of esters is 1. The number of aryl methyl sites for hydroxylation is 2. The van der Waals surface area contributed by atoms with E-state index in [1.165, 1.54) is 19.1 Å². The number of aromatic hydroxyl groups is 1. The Balaban J connectivity index is 2.01. The van der Waals surface area contributed by atoms with Crippen LogP contribution >= 0.6 is 0 Å². The molecule has 0 unspecified atom stereocenters. The molecule has 0 aliphatic heterocycles. The van der Waals surface area contributed by atoms with Crippen molar-refractivity contribution in [1.29, 1.82) is 0 Å². The SMILES string of the molecule is Cc1ccc(NC(=O)[C@H](C)OC(=O)c2cc(C)ccc2O)cc1. The highest BCUT2D eigenvalue weighted by molar-refractivity contribution is 5.98. The molecule has 2 N–H and O–H groups in total. The minimum atomic E-state index is -0.983. The van der Waals surface area contributed by atoms with Gasteiger partial charge in [0.25, 0.3) is 5.91 Å². The molecule has 0 radical (unpaired) electrons. The quantitative estimate of drug-likeness (QED) is 0.850. The van der Waals surface area contributed by atoms with Crippen LogP contribution in [0.25, 0.3) is 0 Å². The molecule has 0 spiro atoms. The molecule has 120 valence electrons. The van der Waals surface area contributed by atoms with Gasteiger partial charge in [0.2, 0.25) is 0 Å². The zero-order chi connectivity index (χ0) is 17.0. The third-order valence-corrected chi connectivity index (χ3v) is 3.34. The first-order valence-corrected chi connectivity index (χ1v) is 7.25. The highest BCUT2D eigenvalue weighted by Crippen LogP contribution is 2.20. The number of phenols is 1. The smallest absolute Gasteiger partial charge is 0.342 e. The van der Waals surface area contributed by atoms with Crippen molar-refractivity contribution in [3.8, 4) is 5.75 Å². The zero-order valence-corrected chi connectivity index (χ0v) is 13.3. The van der Waals surface area contributed by atoms with E-state index in [1.807, 2.05) is 19.1 Å². The van der Waals surface area contributed by atoms with E-state index in [1.54, 1.807) is 25.1 Å². The van der Waals surface area contributed by atoms with Crippen LogP contribution in [0.3, 0.4) is 0 Å². The molecular formula is C18H19NO4. The summed E-state index contributed by atoms with van der Waals surface area (Å²) >= 11 is 0. The van der Waals surface area contributed by atoms with Crippen molar-refractivity contribution in [1.82, 2.24) is 0 Å². The maximum absolute atomic E-state index is 12.1. The normalized spacial score (nSPS) is 11.6. The minimum Gasteiger partial charge on any atom is -0.507 e. The molecule has 5 heteroatoms. The van der Waals surface area contributed by atoms with Gasteiger partial charge in [-0.2, -0.15) is 0 Å². The molecule has 0 aliphatic carbocycles. The van der Waals surface area contributed by atoms with E-state index in [9.17, 15) is 14.7 Å². The van der Waals surface area contributed by atoms with Crippen molar-refractivity contribution in [3.05, 3.63) is 59.2 Å². The Morgan fingerprint density at radius 1 is 1.04 bits per heavy atom. The van der Waals surface area contributed by atoms with Crippen molar-refractivity contribution in [2.45, 2.75) is 26.9 Å². The van der Waals surface area contributed by atoms with Crippen LogP contribution in [0.1, 0.15) is 28.4 Å². The number of rotatable bonds is 4. The molecule has 2 rings (SSSR count). The molecular weight excluding hydrogens is 294 g/mol. The van der Waals surface area contributed by atoms with Crippen LogP contribution in [0, 0.1) is 13.8 Å². The first-order chi connectivity index (χ1) is 10.9. The molecule has 1 amide bonds. The lowest BCUT2D eigenvalue weighted by Gasteiger charge is -2.14. The number of carbonyl (C=O) groups excluding carboxylic acids is 2. The Morgan fingerprint density at radius 2 is 1.65 bits per heavy atom. The van der Waals surface area contributed by atoms with Crippen LogP contribution in [0.15, 0.2) is 42.5 Å². The van der Waals surface area contributed by atoms with E-state index < -0.39 is 18.0 Å². The van der Waals surface area contributed by atoms with Crippen molar-refractivity contribution >= 4 is 17.6 Å². The monoisotopic (exact) mass is 313 g/mol. The van der Waals surface area contributed by atoms with Gasteiger partial charge in [-0.15, -0.1) is 0 Å². The van der Waals surface area contributed by atoms with E-state index in [-0.39, 0.29) is 11.3 Å². The molecule has 0 bridgehead atoms. The van der Waals surface area contributed by atoms with Gasteiger partial charge < -0.3 is 15.2 Å². The van der Waals surface area contributed by atoms with Gasteiger partial charge in [0.05, 0.1) is 0 Å². The molecule has 0 saturated heterocycles. The average molecular weight is 313 g/mol. The summed E-state index contributed by atoms with van der Waals surface area (Å²) in [5.74, 6) is -1.35. The predicted molar refractivity (Wildman–Crippen MR) is 87.5 cm³/mol. The second kappa shape index (κ2) is 6.96. The van der Waals surface area contributed by atoms with Crippen LogP contribution in [0.2, 0.25) is 0 Å². The highest BCUT2D eigenvalue weighted by atomic mass is 16.5. The lowest BCUT2D eigenvalue weighted by Crippen LogP contribution is -2.30. The second-order valence-electron chi connectivity index (χ2n) is 5.42. The Kier molecular flexibility index (Phi) is 5.01. The molecule has 0 aromatic heterocycles. The number of ether oxygens (including phenoxy) is 1. The van der Waals surface area contributed by atoms with Crippen LogP contribution < -0.4 is 5.32 Å². The first-order valence-electron chi connectivity index (χ1n) is 7.25. The van der Waals surface area contributed by atoms with Gasteiger partial charge in [0.1, 0.15) is 11.3 Å². The summed E-state index contributed by atoms with van der Waals surface area (Å²) < 4.78 is 5.12. The van der Waals surface area contributed by atoms with Gasteiger partial charge in [-0.1, -0.05) is 29.3 Å². The number of benzene rings is 2. The highest BCUT2D eigenvalue weighted by Gasteiger charge is 2.21. The summed E-state index contributed by atoms with van der Waals surface area (Å²) in [4.78, 5) is 24.1. The van der Waals surface area contributed by atoms with E-state index in [2.05, 4.69) is 5.32 Å². The van der Waals surface area contributed by atoms with Gasteiger partial charge in [-0.05, 0) is 45.0 Å². The van der Waals surface area contributed by atoms with E-state index in [0.717, 1.165) is 11.1 Å². The number of amides is 1. The molecule has 2 aromatic carbocycles. The van der Waals surface area contributed by atoms with Gasteiger partial charge in [0, 0.05) is 5.69 Å². The predicted octanol–water partition coefficient (Wildman–Crippen LogP) is 3.19. The van der Waals surface area contributed by atoms with E-state index in [4.69, 9.17) is 4.74 Å². The first kappa shape index (κ1) is 16.5. The van der Waals surface area contributed by atoms with Crippen molar-refractivity contribution < 1.29 is 19.4 Å². The largest absolute Gasteiger partial charge is 0.507 e. The van der Waals surface area contributed by atoms with E-state index >= 15 is 0 Å². The van der Waals surface area contributed by atoms with Crippen LogP contribution in [0.4, 0.5) is 5.69 Å². The number of phenolic OH excluding ortho intramolecular Hbond substituents is 1. The number of hydrogen-bond donors (Lipinski definition) is 2. The standard InChI is InChI=1S/C18H19NO4/c1-11-4-7-14(8-5-11)19-17(21)13(3)23-18(22)15-10-12(2)6-9-16(15)20/h4-10,13,20H,1-3H3,(H,19,21)/t13-/m0/s1. The van der Waals surface area contributed by atoms with Crippen LogP contribution in [0.5, 0.6) is 5.75 Å². The summed E-state index contributed by atoms with van der Waals surface area (Å²) in [6.45, 7) is 5.22. The third-order valence-electron chi connectivity index (χ3n) is 3.34. The maximum atomic E-state index is 12.1. The third kappa shape index (κ3) is 4.32. The summed E-state index contributed by atoms with van der Waals surface area (Å²) in [7, 11) is 0. The van der Waals surface area contributed by atoms with Crippen molar-refractivity contribution in [3.63, 3.8) is 0 Å². The minimum absolute atomic E-state index is 0.0417. The molecule has 2 aromatic rings. The average Bonchev–Trinajstić information content (AvgIpc) is 2.51. The lowest BCUT2D eigenvalue weighted by atomic mass is 10.1. The Morgan fingerprint density at radius 3 is 2.30 bits per heavy atom. The molecule has 0 fully saturated rings. The molecule has 5 nitrogen and oxygen atoms in total. The van der Waals surface area contributed by atoms with Gasteiger partial charge >= 0.3 is 5.97 Å². The number of hydrogen-bond acceptors (Lipinski definition) is 4. The topological polar surface area (TPSA) is 75.6 Å². The van der Waals surface area contributed by atoms with Gasteiger partial charge in [0.15, 0.2) is 6.10 Å². The second-order valence-corrected chi connectivity index (χ2v) is 5.42.